The maximum absolute atomic E-state index is 12.8. The summed E-state index contributed by atoms with van der Waals surface area (Å²) in [5, 5.41) is 3.71. The lowest BCUT2D eigenvalue weighted by Crippen LogP contribution is -2.48. The summed E-state index contributed by atoms with van der Waals surface area (Å²) in [5.41, 5.74) is 2.59. The minimum Gasteiger partial charge on any atom is -0.497 e. The molecular weight excluding hydrogens is 404 g/mol. The molecule has 0 aromatic heterocycles. The van der Waals surface area contributed by atoms with Crippen molar-refractivity contribution < 1.29 is 23.7 Å². The molecule has 2 aromatic carbocycles. The number of anilines is 1. The number of nitrogens with zero attached hydrogens (tertiary/aromatic N) is 1. The van der Waals surface area contributed by atoms with Gasteiger partial charge in [-0.3, -0.25) is 4.90 Å². The van der Waals surface area contributed by atoms with E-state index < -0.39 is 12.0 Å². The molecule has 158 valence electrons. The fourth-order valence-electron chi connectivity index (χ4n) is 3.53. The molecule has 1 atom stereocenters. The van der Waals surface area contributed by atoms with Crippen molar-refractivity contribution >= 4 is 29.0 Å². The summed E-state index contributed by atoms with van der Waals surface area (Å²) < 4.78 is 21.3. The van der Waals surface area contributed by atoms with E-state index in [1.165, 1.54) is 7.11 Å². The van der Waals surface area contributed by atoms with Crippen LogP contribution in [-0.2, 0) is 9.53 Å². The summed E-state index contributed by atoms with van der Waals surface area (Å²) in [7, 11) is 6.08. The van der Waals surface area contributed by atoms with E-state index in [4.69, 9.17) is 31.2 Å². The maximum Gasteiger partial charge on any atom is 0.337 e. The number of thiocarbonyl (C=S) groups is 1. The molecule has 1 unspecified atom stereocenters. The highest BCUT2D eigenvalue weighted by molar-refractivity contribution is 7.80. The second-order valence-electron chi connectivity index (χ2n) is 6.49. The summed E-state index contributed by atoms with van der Waals surface area (Å²) in [4.78, 5) is 14.6. The number of allylic oxidation sites excluding steroid dienone is 1. The third-order valence-electron chi connectivity index (χ3n) is 4.97. The minimum atomic E-state index is -0.565. The van der Waals surface area contributed by atoms with Gasteiger partial charge in [-0.1, -0.05) is 12.1 Å². The van der Waals surface area contributed by atoms with Gasteiger partial charge in [0.15, 0.2) is 16.6 Å². The first-order valence-electron chi connectivity index (χ1n) is 9.21. The fourth-order valence-corrected chi connectivity index (χ4v) is 3.89. The number of hydrogen-bond donors (Lipinski definition) is 1. The molecule has 1 heterocycles. The summed E-state index contributed by atoms with van der Waals surface area (Å²) in [6.45, 7) is 1.84. The van der Waals surface area contributed by atoms with Crippen LogP contribution >= 0.6 is 12.2 Å². The van der Waals surface area contributed by atoms with Crippen molar-refractivity contribution in [2.45, 2.75) is 13.0 Å². The van der Waals surface area contributed by atoms with Crippen molar-refractivity contribution in [1.82, 2.24) is 5.32 Å². The van der Waals surface area contributed by atoms with Gasteiger partial charge >= 0.3 is 5.97 Å². The normalized spacial score (nSPS) is 16.1. The molecule has 0 bridgehead atoms. The molecule has 1 N–H and O–H groups in total. The van der Waals surface area contributed by atoms with Gasteiger partial charge in [0.1, 0.15) is 5.75 Å². The zero-order valence-corrected chi connectivity index (χ0v) is 18.3. The molecule has 0 saturated carbocycles. The van der Waals surface area contributed by atoms with Crippen LogP contribution in [0.3, 0.4) is 0 Å². The van der Waals surface area contributed by atoms with Crippen molar-refractivity contribution in [3.8, 4) is 17.2 Å². The van der Waals surface area contributed by atoms with E-state index in [0.29, 0.717) is 33.4 Å². The van der Waals surface area contributed by atoms with Crippen LogP contribution in [0.5, 0.6) is 17.2 Å². The topological polar surface area (TPSA) is 69.3 Å². The van der Waals surface area contributed by atoms with Gasteiger partial charge in [-0.05, 0) is 49.5 Å². The number of benzene rings is 2. The highest BCUT2D eigenvalue weighted by Crippen LogP contribution is 2.41. The molecule has 0 fully saturated rings. The lowest BCUT2D eigenvalue weighted by Gasteiger charge is -2.37. The molecule has 0 radical (unpaired) electrons. The number of carbonyl (C=O) groups is 1. The van der Waals surface area contributed by atoms with Gasteiger partial charge in [0.2, 0.25) is 0 Å². The number of hydrogen-bond acceptors (Lipinski definition) is 6. The first-order valence-corrected chi connectivity index (χ1v) is 9.62. The van der Waals surface area contributed by atoms with E-state index in [9.17, 15) is 4.79 Å². The lowest BCUT2D eigenvalue weighted by atomic mass is 9.93. The quantitative estimate of drug-likeness (QED) is 0.553. The monoisotopic (exact) mass is 428 g/mol. The van der Waals surface area contributed by atoms with Crippen LogP contribution in [0.15, 0.2) is 53.7 Å². The van der Waals surface area contributed by atoms with Gasteiger partial charge in [0.25, 0.3) is 0 Å². The number of para-hydroxylation sites is 1. The molecule has 0 saturated heterocycles. The lowest BCUT2D eigenvalue weighted by molar-refractivity contribution is -0.136. The van der Waals surface area contributed by atoms with Crippen LogP contribution in [0.1, 0.15) is 18.5 Å². The third-order valence-corrected chi connectivity index (χ3v) is 5.27. The van der Waals surface area contributed by atoms with Gasteiger partial charge in [0, 0.05) is 16.9 Å². The maximum atomic E-state index is 12.8. The molecule has 0 amide bonds. The standard InChI is InChI=1S/C22H24N2O5S/c1-13-18(21(25)29-5)19(16-7-6-8-17(27-3)20(16)28-4)23-22(30)24(13)14-9-11-15(26-2)12-10-14/h6-12,19H,1-5H3,(H,23,30). The molecule has 3 rings (SSSR count). The van der Waals surface area contributed by atoms with Gasteiger partial charge in [-0.15, -0.1) is 0 Å². The summed E-state index contributed by atoms with van der Waals surface area (Å²) in [5.74, 6) is 1.34. The van der Waals surface area contributed by atoms with E-state index >= 15 is 0 Å². The SMILES string of the molecule is COC(=O)C1=C(C)N(c2ccc(OC)cc2)C(=S)NC1c1cccc(OC)c1OC. The van der Waals surface area contributed by atoms with Crippen molar-refractivity contribution in [1.29, 1.82) is 0 Å². The second kappa shape index (κ2) is 9.04. The molecule has 0 spiro atoms. The Bertz CT molecular complexity index is 988. The van der Waals surface area contributed by atoms with E-state index in [-0.39, 0.29) is 0 Å². The average molecular weight is 429 g/mol. The van der Waals surface area contributed by atoms with Crippen molar-refractivity contribution in [3.05, 3.63) is 59.3 Å². The summed E-state index contributed by atoms with van der Waals surface area (Å²) in [6, 6.07) is 12.3. The Morgan fingerprint density at radius 2 is 1.70 bits per heavy atom. The third kappa shape index (κ3) is 3.78. The van der Waals surface area contributed by atoms with Crippen LogP contribution in [-0.4, -0.2) is 39.5 Å². The largest absolute Gasteiger partial charge is 0.497 e. The second-order valence-corrected chi connectivity index (χ2v) is 6.88. The predicted octanol–water partition coefficient (Wildman–Crippen LogP) is 3.60. The number of ether oxygens (including phenoxy) is 4. The van der Waals surface area contributed by atoms with Crippen LogP contribution in [0, 0.1) is 0 Å². The number of rotatable bonds is 6. The van der Waals surface area contributed by atoms with Gasteiger partial charge in [0.05, 0.1) is 40.1 Å². The first kappa shape index (κ1) is 21.4. The number of nitrogens with one attached hydrogen (secondary N) is 1. The van der Waals surface area contributed by atoms with Crippen molar-refractivity contribution in [2.24, 2.45) is 0 Å². The first-order chi connectivity index (χ1) is 14.5. The van der Waals surface area contributed by atoms with E-state index in [1.807, 2.05) is 43.3 Å². The Morgan fingerprint density at radius 1 is 1.00 bits per heavy atom. The highest BCUT2D eigenvalue weighted by Gasteiger charge is 2.37. The summed E-state index contributed by atoms with van der Waals surface area (Å²) >= 11 is 5.67. The van der Waals surface area contributed by atoms with Crippen LogP contribution in [0.2, 0.25) is 0 Å². The van der Waals surface area contributed by atoms with Crippen LogP contribution in [0.25, 0.3) is 0 Å². The molecule has 7 nitrogen and oxygen atoms in total. The Balaban J connectivity index is 2.16. The summed E-state index contributed by atoms with van der Waals surface area (Å²) in [6.07, 6.45) is 0. The average Bonchev–Trinajstić information content (AvgIpc) is 2.77. The van der Waals surface area contributed by atoms with Crippen molar-refractivity contribution in [2.75, 3.05) is 33.3 Å². The Hall–Kier alpha value is -3.26. The Labute approximate surface area is 181 Å². The van der Waals surface area contributed by atoms with E-state index in [2.05, 4.69) is 5.32 Å². The zero-order valence-electron chi connectivity index (χ0n) is 17.5. The smallest absolute Gasteiger partial charge is 0.337 e. The van der Waals surface area contributed by atoms with Gasteiger partial charge in [-0.25, -0.2) is 4.79 Å². The van der Waals surface area contributed by atoms with Gasteiger partial charge in [-0.2, -0.15) is 0 Å². The fraction of sp³-hybridized carbons (Fsp3) is 0.273. The highest BCUT2D eigenvalue weighted by atomic mass is 32.1. The Morgan fingerprint density at radius 3 is 2.27 bits per heavy atom. The van der Waals surface area contributed by atoms with Crippen LogP contribution < -0.4 is 24.4 Å². The van der Waals surface area contributed by atoms with Crippen LogP contribution in [0.4, 0.5) is 5.69 Å². The molecule has 1 aliphatic rings. The molecular formula is C22H24N2O5S. The molecule has 0 aliphatic carbocycles. The zero-order chi connectivity index (χ0) is 21.8. The predicted molar refractivity (Wildman–Crippen MR) is 118 cm³/mol. The number of carbonyl (C=O) groups excluding carboxylic acids is 1. The van der Waals surface area contributed by atoms with Crippen molar-refractivity contribution in [3.63, 3.8) is 0 Å². The van der Waals surface area contributed by atoms with Gasteiger partial charge < -0.3 is 24.3 Å². The molecule has 30 heavy (non-hydrogen) atoms. The number of methoxy groups -OCH3 is 4. The number of esters is 1. The minimum absolute atomic E-state index is 0.425. The molecule has 2 aromatic rings. The molecule has 8 heteroatoms. The molecule has 1 aliphatic heterocycles. The van der Waals surface area contributed by atoms with E-state index in [0.717, 1.165) is 11.4 Å². The van der Waals surface area contributed by atoms with E-state index in [1.54, 1.807) is 32.3 Å². The Kier molecular flexibility index (Phi) is 6.47.